The molecule has 0 heterocycles. The van der Waals surface area contributed by atoms with Crippen LogP contribution in [0.25, 0.3) is 0 Å². The molecule has 0 fully saturated rings. The van der Waals surface area contributed by atoms with E-state index in [-0.39, 0.29) is 11.7 Å². The number of rotatable bonds is 2. The van der Waals surface area contributed by atoms with E-state index in [1.165, 1.54) is 6.92 Å². The first kappa shape index (κ1) is 11.9. The molecule has 0 bridgehead atoms. The highest BCUT2D eigenvalue weighted by Gasteiger charge is 2.13. The number of ketones is 1. The molecule has 15 heavy (non-hydrogen) atoms. The van der Waals surface area contributed by atoms with Crippen molar-refractivity contribution < 1.29 is 9.59 Å². The van der Waals surface area contributed by atoms with Gasteiger partial charge in [0.05, 0.1) is 5.56 Å². The molecular formula is C11H12BrNO2. The van der Waals surface area contributed by atoms with E-state index >= 15 is 0 Å². The first-order chi connectivity index (χ1) is 6.97. The summed E-state index contributed by atoms with van der Waals surface area (Å²) in [6.45, 7) is 3.33. The van der Waals surface area contributed by atoms with E-state index in [9.17, 15) is 9.59 Å². The number of benzene rings is 1. The molecule has 0 saturated heterocycles. The van der Waals surface area contributed by atoms with E-state index in [1.807, 2.05) is 6.92 Å². The maximum atomic E-state index is 11.5. The largest absolute Gasteiger partial charge is 0.355 e. The molecule has 0 aliphatic carbocycles. The Morgan fingerprint density at radius 3 is 2.40 bits per heavy atom. The van der Waals surface area contributed by atoms with Crippen LogP contribution in [0.5, 0.6) is 0 Å². The van der Waals surface area contributed by atoms with Crippen LogP contribution in [0.3, 0.4) is 0 Å². The second-order valence-corrected chi connectivity index (χ2v) is 4.08. The highest BCUT2D eigenvalue weighted by Crippen LogP contribution is 2.23. The highest BCUT2D eigenvalue weighted by molar-refractivity contribution is 9.10. The Balaban J connectivity index is 3.37. The zero-order chi connectivity index (χ0) is 11.6. The Morgan fingerprint density at radius 1 is 1.33 bits per heavy atom. The number of amides is 1. The standard InChI is InChI=1S/C11H12BrNO2/c1-6-4-8(7(2)14)5-9(10(6)12)11(15)13-3/h4-5H,1-3H3,(H,13,15). The van der Waals surface area contributed by atoms with Gasteiger partial charge in [-0.1, -0.05) is 0 Å². The number of nitrogens with one attached hydrogen (secondary N) is 1. The van der Waals surface area contributed by atoms with Crippen LogP contribution in [0.15, 0.2) is 16.6 Å². The number of hydrogen-bond donors (Lipinski definition) is 1. The molecule has 0 saturated carbocycles. The molecule has 0 unspecified atom stereocenters. The van der Waals surface area contributed by atoms with E-state index in [0.717, 1.165) is 10.0 Å². The molecule has 1 aromatic carbocycles. The third-order valence-corrected chi connectivity index (χ3v) is 3.19. The Kier molecular flexibility index (Phi) is 3.63. The minimum Gasteiger partial charge on any atom is -0.355 e. The molecule has 4 heteroatoms. The smallest absolute Gasteiger partial charge is 0.252 e. The quantitative estimate of drug-likeness (QED) is 0.838. The van der Waals surface area contributed by atoms with Gasteiger partial charge in [-0.05, 0) is 47.5 Å². The van der Waals surface area contributed by atoms with E-state index in [2.05, 4.69) is 21.2 Å². The summed E-state index contributed by atoms with van der Waals surface area (Å²) in [6.07, 6.45) is 0. The van der Waals surface area contributed by atoms with Gasteiger partial charge in [0.25, 0.3) is 5.91 Å². The Labute approximate surface area is 97.0 Å². The maximum Gasteiger partial charge on any atom is 0.252 e. The number of carbonyl (C=O) groups excluding carboxylic acids is 2. The lowest BCUT2D eigenvalue weighted by Crippen LogP contribution is -2.19. The third kappa shape index (κ3) is 2.45. The maximum absolute atomic E-state index is 11.5. The lowest BCUT2D eigenvalue weighted by atomic mass is 10.0. The van der Waals surface area contributed by atoms with Crippen molar-refractivity contribution in [2.24, 2.45) is 0 Å². The fourth-order valence-electron chi connectivity index (χ4n) is 1.27. The molecule has 3 nitrogen and oxygen atoms in total. The molecule has 80 valence electrons. The fourth-order valence-corrected chi connectivity index (χ4v) is 1.68. The van der Waals surface area contributed by atoms with Gasteiger partial charge in [-0.15, -0.1) is 0 Å². The van der Waals surface area contributed by atoms with Crippen molar-refractivity contribution in [3.05, 3.63) is 33.3 Å². The second kappa shape index (κ2) is 4.57. The summed E-state index contributed by atoms with van der Waals surface area (Å²) < 4.78 is 0.729. The average molecular weight is 270 g/mol. The lowest BCUT2D eigenvalue weighted by molar-refractivity contribution is 0.0962. The van der Waals surface area contributed by atoms with Gasteiger partial charge in [-0.25, -0.2) is 0 Å². The minimum atomic E-state index is -0.201. The van der Waals surface area contributed by atoms with Gasteiger partial charge in [0, 0.05) is 17.1 Å². The predicted octanol–water partition coefficient (Wildman–Crippen LogP) is 2.32. The summed E-state index contributed by atoms with van der Waals surface area (Å²) >= 11 is 3.33. The minimum absolute atomic E-state index is 0.0456. The van der Waals surface area contributed by atoms with Gasteiger partial charge in [-0.3, -0.25) is 9.59 Å². The van der Waals surface area contributed by atoms with Crippen LogP contribution >= 0.6 is 15.9 Å². The van der Waals surface area contributed by atoms with E-state index in [4.69, 9.17) is 0 Å². The van der Waals surface area contributed by atoms with Crippen LogP contribution in [-0.4, -0.2) is 18.7 Å². The van der Waals surface area contributed by atoms with E-state index < -0.39 is 0 Å². The Hall–Kier alpha value is -1.16. The van der Waals surface area contributed by atoms with Crippen LogP contribution in [0, 0.1) is 6.92 Å². The summed E-state index contributed by atoms with van der Waals surface area (Å²) in [5.74, 6) is -0.246. The van der Waals surface area contributed by atoms with Gasteiger partial charge in [-0.2, -0.15) is 0 Å². The van der Waals surface area contributed by atoms with Crippen molar-refractivity contribution in [2.75, 3.05) is 7.05 Å². The van der Waals surface area contributed by atoms with Gasteiger partial charge < -0.3 is 5.32 Å². The van der Waals surface area contributed by atoms with E-state index in [1.54, 1.807) is 19.2 Å². The topological polar surface area (TPSA) is 46.2 Å². The van der Waals surface area contributed by atoms with Crippen molar-refractivity contribution in [2.45, 2.75) is 13.8 Å². The van der Waals surface area contributed by atoms with Gasteiger partial charge in [0.15, 0.2) is 5.78 Å². The molecule has 1 aromatic rings. The second-order valence-electron chi connectivity index (χ2n) is 3.29. The van der Waals surface area contributed by atoms with Crippen LogP contribution in [-0.2, 0) is 0 Å². The number of hydrogen-bond acceptors (Lipinski definition) is 2. The van der Waals surface area contributed by atoms with Crippen molar-refractivity contribution in [3.8, 4) is 0 Å². The first-order valence-corrected chi connectivity index (χ1v) is 5.29. The lowest BCUT2D eigenvalue weighted by Gasteiger charge is -2.08. The summed E-state index contributed by atoms with van der Waals surface area (Å²) in [5, 5.41) is 2.54. The van der Waals surface area contributed by atoms with Gasteiger partial charge in [0.2, 0.25) is 0 Å². The normalized spacial score (nSPS) is 9.87. The molecule has 0 aromatic heterocycles. The summed E-state index contributed by atoms with van der Waals surface area (Å²) in [4.78, 5) is 22.7. The van der Waals surface area contributed by atoms with Crippen molar-refractivity contribution in [3.63, 3.8) is 0 Å². The van der Waals surface area contributed by atoms with E-state index in [0.29, 0.717) is 11.1 Å². The zero-order valence-corrected chi connectivity index (χ0v) is 10.4. The molecule has 0 aliphatic rings. The summed E-state index contributed by atoms with van der Waals surface area (Å²) in [5.41, 5.74) is 1.92. The van der Waals surface area contributed by atoms with Crippen LogP contribution in [0.1, 0.15) is 33.2 Å². The van der Waals surface area contributed by atoms with Crippen molar-refractivity contribution >= 4 is 27.6 Å². The SMILES string of the molecule is CNC(=O)c1cc(C(C)=O)cc(C)c1Br. The van der Waals surface area contributed by atoms with Crippen molar-refractivity contribution in [1.29, 1.82) is 0 Å². The Bertz CT molecular complexity index is 427. The van der Waals surface area contributed by atoms with Crippen LogP contribution in [0.2, 0.25) is 0 Å². The summed E-state index contributed by atoms with van der Waals surface area (Å²) in [6, 6.07) is 3.36. The molecule has 0 radical (unpaired) electrons. The average Bonchev–Trinajstić information content (AvgIpc) is 2.20. The molecule has 1 N–H and O–H groups in total. The van der Waals surface area contributed by atoms with Crippen LogP contribution < -0.4 is 5.32 Å². The van der Waals surface area contributed by atoms with Gasteiger partial charge in [0.1, 0.15) is 0 Å². The molecule has 1 rings (SSSR count). The molecule has 1 amide bonds. The molecular weight excluding hydrogens is 258 g/mol. The Morgan fingerprint density at radius 2 is 1.93 bits per heavy atom. The third-order valence-electron chi connectivity index (χ3n) is 2.13. The predicted molar refractivity (Wildman–Crippen MR) is 62.3 cm³/mol. The number of carbonyl (C=O) groups is 2. The highest BCUT2D eigenvalue weighted by atomic mass is 79.9. The zero-order valence-electron chi connectivity index (χ0n) is 8.85. The fraction of sp³-hybridized carbons (Fsp3) is 0.273. The number of halogens is 1. The van der Waals surface area contributed by atoms with Crippen molar-refractivity contribution in [1.82, 2.24) is 5.32 Å². The summed E-state index contributed by atoms with van der Waals surface area (Å²) in [7, 11) is 1.56. The molecule has 0 spiro atoms. The molecule has 0 atom stereocenters. The van der Waals surface area contributed by atoms with Gasteiger partial charge >= 0.3 is 0 Å². The first-order valence-electron chi connectivity index (χ1n) is 4.50. The van der Waals surface area contributed by atoms with Crippen LogP contribution in [0.4, 0.5) is 0 Å². The number of aryl methyl sites for hydroxylation is 1. The monoisotopic (exact) mass is 269 g/mol. The molecule has 0 aliphatic heterocycles. The number of Topliss-reactive ketones (excluding diaryl/α,β-unsaturated/α-hetero) is 1.